The summed E-state index contributed by atoms with van der Waals surface area (Å²) in [5, 5.41) is 0. The molecule has 0 amide bonds. The molecule has 1 fully saturated rings. The van der Waals surface area contributed by atoms with E-state index in [0.717, 1.165) is 12.8 Å². The van der Waals surface area contributed by atoms with Crippen molar-refractivity contribution in [2.75, 3.05) is 13.2 Å². The van der Waals surface area contributed by atoms with Crippen LogP contribution in [0.25, 0.3) is 0 Å². The lowest BCUT2D eigenvalue weighted by atomic mass is 9.94. The highest BCUT2D eigenvalue weighted by molar-refractivity contribution is 5.74. The van der Waals surface area contributed by atoms with Gasteiger partial charge < -0.3 is 14.2 Å². The SMILES string of the molecule is CCOC(C)(OCC)OC(=O)C1CC2C=CC1C2. The number of fused-ring (bicyclic) bond motifs is 2. The van der Waals surface area contributed by atoms with Crippen molar-refractivity contribution in [1.29, 1.82) is 0 Å². The summed E-state index contributed by atoms with van der Waals surface area (Å²) in [6.07, 6.45) is 6.32. The van der Waals surface area contributed by atoms with E-state index in [0.29, 0.717) is 25.0 Å². The van der Waals surface area contributed by atoms with Gasteiger partial charge in [-0.1, -0.05) is 12.2 Å². The topological polar surface area (TPSA) is 44.8 Å². The maximum Gasteiger partial charge on any atom is 0.326 e. The van der Waals surface area contributed by atoms with Gasteiger partial charge in [0.2, 0.25) is 0 Å². The number of carbonyl (C=O) groups is 1. The normalized spacial score (nSPS) is 29.8. The monoisotopic (exact) mass is 254 g/mol. The molecule has 0 aromatic rings. The van der Waals surface area contributed by atoms with Gasteiger partial charge >= 0.3 is 11.9 Å². The zero-order valence-electron chi connectivity index (χ0n) is 11.3. The van der Waals surface area contributed by atoms with Crippen LogP contribution in [0.3, 0.4) is 0 Å². The molecule has 18 heavy (non-hydrogen) atoms. The number of carbonyl (C=O) groups excluding carboxylic acids is 1. The average Bonchev–Trinajstić information content (AvgIpc) is 2.90. The summed E-state index contributed by atoms with van der Waals surface area (Å²) in [4.78, 5) is 12.2. The molecule has 0 radical (unpaired) electrons. The first-order chi connectivity index (χ1) is 8.58. The van der Waals surface area contributed by atoms with Crippen LogP contribution >= 0.6 is 0 Å². The number of hydrogen-bond acceptors (Lipinski definition) is 4. The standard InChI is InChI=1S/C14H22O4/c1-4-16-14(3,17-5-2)18-13(15)12-9-10-6-7-11(12)8-10/h6-7,10-12H,4-5,8-9H2,1-3H3. The fraction of sp³-hybridized carbons (Fsp3) is 0.786. The van der Waals surface area contributed by atoms with Crippen molar-refractivity contribution in [1.82, 2.24) is 0 Å². The molecule has 0 aliphatic heterocycles. The second kappa shape index (κ2) is 5.41. The summed E-state index contributed by atoms with van der Waals surface area (Å²) in [5.74, 6) is -0.573. The summed E-state index contributed by atoms with van der Waals surface area (Å²) in [6, 6.07) is 0. The number of hydrogen-bond donors (Lipinski definition) is 0. The Hall–Kier alpha value is -0.870. The summed E-state index contributed by atoms with van der Waals surface area (Å²) in [7, 11) is 0. The lowest BCUT2D eigenvalue weighted by Crippen LogP contribution is -2.40. The van der Waals surface area contributed by atoms with Crippen molar-refractivity contribution in [3.05, 3.63) is 12.2 Å². The number of ether oxygens (including phenoxy) is 3. The van der Waals surface area contributed by atoms with Gasteiger partial charge in [-0.15, -0.1) is 0 Å². The molecule has 0 saturated heterocycles. The van der Waals surface area contributed by atoms with E-state index in [2.05, 4.69) is 12.2 Å². The van der Waals surface area contributed by atoms with Crippen LogP contribution in [0.15, 0.2) is 12.2 Å². The van der Waals surface area contributed by atoms with Gasteiger partial charge in [0, 0.05) is 6.92 Å². The van der Waals surface area contributed by atoms with Crippen LogP contribution < -0.4 is 0 Å². The predicted octanol–water partition coefficient (Wildman–Crippen LogP) is 2.49. The van der Waals surface area contributed by atoms with Gasteiger partial charge in [-0.05, 0) is 38.5 Å². The Morgan fingerprint density at radius 1 is 1.22 bits per heavy atom. The van der Waals surface area contributed by atoms with Gasteiger partial charge in [-0.3, -0.25) is 4.79 Å². The third kappa shape index (κ3) is 2.75. The lowest BCUT2D eigenvalue weighted by Gasteiger charge is -2.30. The molecule has 0 aromatic carbocycles. The fourth-order valence-electron chi connectivity index (χ4n) is 2.94. The fourth-order valence-corrected chi connectivity index (χ4v) is 2.94. The Balaban J connectivity index is 1.95. The third-order valence-corrected chi connectivity index (χ3v) is 3.68. The highest BCUT2D eigenvalue weighted by atomic mass is 16.9. The van der Waals surface area contributed by atoms with Gasteiger partial charge in [-0.25, -0.2) is 0 Å². The van der Waals surface area contributed by atoms with Crippen molar-refractivity contribution in [2.45, 2.75) is 39.6 Å². The molecule has 4 heteroatoms. The molecule has 0 N–H and O–H groups in total. The first-order valence-corrected chi connectivity index (χ1v) is 6.77. The summed E-state index contributed by atoms with van der Waals surface area (Å²) in [6.45, 7) is 6.25. The molecule has 3 unspecified atom stereocenters. The molecule has 102 valence electrons. The minimum absolute atomic E-state index is 0.0276. The molecular weight excluding hydrogens is 232 g/mol. The van der Waals surface area contributed by atoms with Crippen molar-refractivity contribution >= 4 is 5.97 Å². The van der Waals surface area contributed by atoms with Crippen LogP contribution in [0.1, 0.15) is 33.6 Å². The molecule has 3 atom stereocenters. The van der Waals surface area contributed by atoms with E-state index in [-0.39, 0.29) is 11.9 Å². The van der Waals surface area contributed by atoms with E-state index in [1.165, 1.54) is 0 Å². The molecule has 1 saturated carbocycles. The number of esters is 1. The predicted molar refractivity (Wildman–Crippen MR) is 66.6 cm³/mol. The van der Waals surface area contributed by atoms with E-state index < -0.39 is 5.97 Å². The molecule has 2 aliphatic carbocycles. The number of rotatable bonds is 6. The molecule has 2 rings (SSSR count). The third-order valence-electron chi connectivity index (χ3n) is 3.68. The van der Waals surface area contributed by atoms with E-state index in [9.17, 15) is 4.79 Å². The van der Waals surface area contributed by atoms with Crippen molar-refractivity contribution in [3.63, 3.8) is 0 Å². The largest absolute Gasteiger partial charge is 0.408 e. The number of allylic oxidation sites excluding steroid dienone is 2. The molecule has 2 aliphatic rings. The van der Waals surface area contributed by atoms with Gasteiger partial charge in [0.1, 0.15) is 0 Å². The first kappa shape index (κ1) is 13.6. The molecule has 0 heterocycles. The molecule has 2 bridgehead atoms. The molecule has 0 aromatic heterocycles. The van der Waals surface area contributed by atoms with E-state index >= 15 is 0 Å². The van der Waals surface area contributed by atoms with Crippen LogP contribution in [0.2, 0.25) is 0 Å². The highest BCUT2D eigenvalue weighted by Gasteiger charge is 2.43. The second-order valence-electron chi connectivity index (χ2n) is 5.04. The quantitative estimate of drug-likeness (QED) is 0.415. The minimum Gasteiger partial charge on any atom is -0.408 e. The Bertz CT molecular complexity index is 331. The summed E-state index contributed by atoms with van der Waals surface area (Å²) >= 11 is 0. The van der Waals surface area contributed by atoms with Crippen molar-refractivity contribution in [2.24, 2.45) is 17.8 Å². The van der Waals surface area contributed by atoms with Crippen molar-refractivity contribution < 1.29 is 19.0 Å². The highest BCUT2D eigenvalue weighted by Crippen LogP contribution is 2.44. The van der Waals surface area contributed by atoms with Crippen LogP contribution in [0.4, 0.5) is 0 Å². The van der Waals surface area contributed by atoms with Crippen LogP contribution in [-0.2, 0) is 19.0 Å². The molecule has 0 spiro atoms. The van der Waals surface area contributed by atoms with Crippen LogP contribution in [0.5, 0.6) is 0 Å². The molecule has 4 nitrogen and oxygen atoms in total. The van der Waals surface area contributed by atoms with E-state index in [4.69, 9.17) is 14.2 Å². The van der Waals surface area contributed by atoms with Gasteiger partial charge in [-0.2, -0.15) is 0 Å². The van der Waals surface area contributed by atoms with Crippen molar-refractivity contribution in [3.8, 4) is 0 Å². The van der Waals surface area contributed by atoms with Gasteiger partial charge in [0.15, 0.2) is 0 Å². The van der Waals surface area contributed by atoms with Crippen LogP contribution in [0, 0.1) is 17.8 Å². The Kier molecular flexibility index (Phi) is 4.07. The average molecular weight is 254 g/mol. The second-order valence-corrected chi connectivity index (χ2v) is 5.04. The maximum atomic E-state index is 12.2. The first-order valence-electron chi connectivity index (χ1n) is 6.77. The van der Waals surface area contributed by atoms with Gasteiger partial charge in [0.25, 0.3) is 0 Å². The smallest absolute Gasteiger partial charge is 0.326 e. The zero-order chi connectivity index (χ0) is 13.2. The maximum absolute atomic E-state index is 12.2. The van der Waals surface area contributed by atoms with Crippen LogP contribution in [-0.4, -0.2) is 25.2 Å². The summed E-state index contributed by atoms with van der Waals surface area (Å²) in [5.41, 5.74) is 0. The van der Waals surface area contributed by atoms with E-state index in [1.54, 1.807) is 6.92 Å². The minimum atomic E-state index is -1.24. The zero-order valence-corrected chi connectivity index (χ0v) is 11.3. The molecular formula is C14H22O4. The van der Waals surface area contributed by atoms with E-state index in [1.807, 2.05) is 13.8 Å². The Morgan fingerprint density at radius 2 is 1.89 bits per heavy atom. The Morgan fingerprint density at radius 3 is 2.33 bits per heavy atom. The lowest BCUT2D eigenvalue weighted by molar-refractivity contribution is -0.351. The van der Waals surface area contributed by atoms with Gasteiger partial charge in [0.05, 0.1) is 19.1 Å². The Labute approximate surface area is 108 Å². The summed E-state index contributed by atoms with van der Waals surface area (Å²) < 4.78 is 16.2.